The molecule has 5 heterocycles. The molecule has 0 saturated carbocycles. The summed E-state index contributed by atoms with van der Waals surface area (Å²) in [4.78, 5) is 31.9. The van der Waals surface area contributed by atoms with Gasteiger partial charge in [0.1, 0.15) is 5.52 Å². The minimum atomic E-state index is -4.61. The van der Waals surface area contributed by atoms with Gasteiger partial charge in [-0.2, -0.15) is 13.2 Å². The lowest BCUT2D eigenvalue weighted by molar-refractivity contribution is -0.137. The standard InChI is InChI=1S/C28H26F3N7OS/c1-36-16-18-15-33-22-6-5-21(17-3-8-24(40-2)34-14-17)35-25(22)26(18)38(27(36)39)19-4-7-23(20(13-19)28(29,30)31)37-11-9-32-10-12-37/h3-8,13-15,32H,9-12,16H2,1-2H3. The molecule has 0 bridgehead atoms. The molecule has 1 fully saturated rings. The molecule has 4 aromatic rings. The first-order valence-corrected chi connectivity index (χ1v) is 14.0. The van der Waals surface area contributed by atoms with Crippen molar-refractivity contribution >= 4 is 45.9 Å². The number of amides is 2. The molecule has 3 aromatic heterocycles. The summed E-state index contributed by atoms with van der Waals surface area (Å²) < 4.78 is 43.1. The van der Waals surface area contributed by atoms with E-state index in [1.54, 1.807) is 36.5 Å². The Morgan fingerprint density at radius 1 is 1.00 bits per heavy atom. The first-order chi connectivity index (χ1) is 19.2. The topological polar surface area (TPSA) is 77.5 Å². The SMILES string of the molecule is CSc1ccc(-c2ccc3ncc4c(c3n2)N(c2ccc(N3CCNCC3)c(C(F)(F)F)c2)C(=O)N(C)C4)cn1. The molecule has 1 aromatic carbocycles. The molecule has 0 aliphatic carbocycles. The zero-order valence-corrected chi connectivity index (χ0v) is 22.7. The minimum Gasteiger partial charge on any atom is -0.368 e. The van der Waals surface area contributed by atoms with Crippen LogP contribution in [0.2, 0.25) is 0 Å². The van der Waals surface area contributed by atoms with Crippen molar-refractivity contribution in [3.63, 3.8) is 0 Å². The number of alkyl halides is 3. The van der Waals surface area contributed by atoms with E-state index in [9.17, 15) is 18.0 Å². The van der Waals surface area contributed by atoms with Gasteiger partial charge in [0.15, 0.2) is 0 Å². The van der Waals surface area contributed by atoms with Crippen LogP contribution in [0, 0.1) is 0 Å². The van der Waals surface area contributed by atoms with Crippen LogP contribution in [0.4, 0.5) is 35.0 Å². The Bertz CT molecular complexity index is 1590. The third-order valence-electron chi connectivity index (χ3n) is 7.15. The van der Waals surface area contributed by atoms with E-state index in [2.05, 4.69) is 15.3 Å². The minimum absolute atomic E-state index is 0.108. The van der Waals surface area contributed by atoms with Crippen LogP contribution in [0.25, 0.3) is 22.3 Å². The van der Waals surface area contributed by atoms with E-state index >= 15 is 0 Å². The fourth-order valence-electron chi connectivity index (χ4n) is 5.17. The van der Waals surface area contributed by atoms with Crippen LogP contribution in [-0.4, -0.2) is 65.4 Å². The molecule has 1 saturated heterocycles. The van der Waals surface area contributed by atoms with Crippen molar-refractivity contribution in [3.8, 4) is 11.3 Å². The van der Waals surface area contributed by atoms with E-state index in [-0.39, 0.29) is 17.9 Å². The second-order valence-electron chi connectivity index (χ2n) is 9.70. The third-order valence-corrected chi connectivity index (χ3v) is 7.81. The summed E-state index contributed by atoms with van der Waals surface area (Å²) in [6, 6.07) is 11.1. The Kier molecular flexibility index (Phi) is 6.75. The van der Waals surface area contributed by atoms with Gasteiger partial charge in [0.2, 0.25) is 0 Å². The quantitative estimate of drug-likeness (QED) is 0.326. The van der Waals surface area contributed by atoms with E-state index in [1.165, 1.54) is 27.6 Å². The van der Waals surface area contributed by atoms with E-state index in [1.807, 2.05) is 24.5 Å². The summed E-state index contributed by atoms with van der Waals surface area (Å²) in [5.41, 5.74) is 2.95. The maximum atomic E-state index is 14.4. The summed E-state index contributed by atoms with van der Waals surface area (Å²) in [5.74, 6) is 0. The van der Waals surface area contributed by atoms with Crippen molar-refractivity contribution in [2.45, 2.75) is 17.7 Å². The van der Waals surface area contributed by atoms with E-state index in [0.29, 0.717) is 54.2 Å². The fraction of sp³-hybridized carbons (Fsp3) is 0.286. The third kappa shape index (κ3) is 4.71. The Balaban J connectivity index is 1.52. The number of anilines is 3. The number of urea groups is 1. The smallest absolute Gasteiger partial charge is 0.368 e. The predicted octanol–water partition coefficient (Wildman–Crippen LogP) is 5.55. The summed E-state index contributed by atoms with van der Waals surface area (Å²) in [6.45, 7) is 2.39. The van der Waals surface area contributed by atoms with Crippen LogP contribution >= 0.6 is 11.8 Å². The van der Waals surface area contributed by atoms with Gasteiger partial charge >= 0.3 is 12.2 Å². The second-order valence-corrected chi connectivity index (χ2v) is 10.5. The van der Waals surface area contributed by atoms with Gasteiger partial charge in [-0.1, -0.05) is 0 Å². The summed E-state index contributed by atoms with van der Waals surface area (Å²) in [7, 11) is 1.62. The normalized spacial score (nSPS) is 16.0. The lowest BCUT2D eigenvalue weighted by Gasteiger charge is -2.36. The maximum Gasteiger partial charge on any atom is 0.418 e. The van der Waals surface area contributed by atoms with Crippen LogP contribution in [0.3, 0.4) is 0 Å². The Hall–Kier alpha value is -3.90. The number of nitrogens with zero attached hydrogens (tertiary/aromatic N) is 6. The zero-order valence-electron chi connectivity index (χ0n) is 21.9. The number of benzene rings is 1. The van der Waals surface area contributed by atoms with Crippen LogP contribution in [0.5, 0.6) is 0 Å². The lowest BCUT2D eigenvalue weighted by Crippen LogP contribution is -2.44. The van der Waals surface area contributed by atoms with Gasteiger partial charge in [-0.05, 0) is 48.7 Å². The number of thioether (sulfide) groups is 1. The molecule has 8 nitrogen and oxygen atoms in total. The molecule has 2 amide bonds. The van der Waals surface area contributed by atoms with E-state index in [0.717, 1.165) is 16.7 Å². The van der Waals surface area contributed by atoms with Crippen LogP contribution in [0.1, 0.15) is 11.1 Å². The number of piperazine rings is 1. The van der Waals surface area contributed by atoms with Crippen molar-refractivity contribution in [2.75, 3.05) is 49.3 Å². The number of hydrogen-bond acceptors (Lipinski definition) is 7. The predicted molar refractivity (Wildman–Crippen MR) is 150 cm³/mol. The maximum absolute atomic E-state index is 14.4. The first kappa shape index (κ1) is 26.3. The van der Waals surface area contributed by atoms with Crippen molar-refractivity contribution in [3.05, 3.63) is 66.0 Å². The number of hydrogen-bond donors (Lipinski definition) is 1. The highest BCUT2D eigenvalue weighted by atomic mass is 32.2. The Labute approximate surface area is 233 Å². The monoisotopic (exact) mass is 565 g/mol. The summed E-state index contributed by atoms with van der Waals surface area (Å²) in [6.07, 6.45) is 0.719. The molecule has 2 aliphatic rings. The van der Waals surface area contributed by atoms with Gasteiger partial charge in [0.05, 0.1) is 39.7 Å². The molecule has 1 N–H and O–H groups in total. The lowest BCUT2D eigenvalue weighted by atomic mass is 10.0. The highest BCUT2D eigenvalue weighted by molar-refractivity contribution is 7.98. The van der Waals surface area contributed by atoms with Gasteiger partial charge in [0.25, 0.3) is 0 Å². The van der Waals surface area contributed by atoms with Crippen LogP contribution < -0.4 is 15.1 Å². The summed E-state index contributed by atoms with van der Waals surface area (Å²) >= 11 is 1.53. The molecule has 6 rings (SSSR count). The van der Waals surface area contributed by atoms with E-state index in [4.69, 9.17) is 4.98 Å². The van der Waals surface area contributed by atoms with Gasteiger partial charge in [-0.3, -0.25) is 9.88 Å². The number of fused-ring (bicyclic) bond motifs is 3. The molecular formula is C28H26F3N7OS. The molecule has 12 heteroatoms. The van der Waals surface area contributed by atoms with Crippen molar-refractivity contribution in [1.82, 2.24) is 25.2 Å². The van der Waals surface area contributed by atoms with E-state index < -0.39 is 17.8 Å². The average Bonchev–Trinajstić information content (AvgIpc) is 2.97. The largest absolute Gasteiger partial charge is 0.418 e. The fourth-order valence-corrected chi connectivity index (χ4v) is 5.53. The molecule has 2 aliphatic heterocycles. The van der Waals surface area contributed by atoms with Crippen LogP contribution in [-0.2, 0) is 12.7 Å². The molecule has 40 heavy (non-hydrogen) atoms. The van der Waals surface area contributed by atoms with Crippen molar-refractivity contribution < 1.29 is 18.0 Å². The van der Waals surface area contributed by atoms with Gasteiger partial charge < -0.3 is 15.1 Å². The number of carbonyl (C=O) groups is 1. The molecule has 0 spiro atoms. The molecule has 0 unspecified atom stereocenters. The average molecular weight is 566 g/mol. The first-order valence-electron chi connectivity index (χ1n) is 12.8. The molecular weight excluding hydrogens is 539 g/mol. The Morgan fingerprint density at radius 2 is 1.80 bits per heavy atom. The van der Waals surface area contributed by atoms with Crippen molar-refractivity contribution in [1.29, 1.82) is 0 Å². The summed E-state index contributed by atoms with van der Waals surface area (Å²) in [5, 5.41) is 4.04. The van der Waals surface area contributed by atoms with Crippen molar-refractivity contribution in [2.24, 2.45) is 0 Å². The second kappa shape index (κ2) is 10.3. The Morgan fingerprint density at radius 3 is 2.50 bits per heavy atom. The highest BCUT2D eigenvalue weighted by Crippen LogP contribution is 2.44. The number of aromatic nitrogens is 3. The highest BCUT2D eigenvalue weighted by Gasteiger charge is 2.38. The molecule has 0 radical (unpaired) electrons. The van der Waals surface area contributed by atoms with Gasteiger partial charge in [-0.15, -0.1) is 11.8 Å². The number of rotatable bonds is 4. The molecule has 0 atom stereocenters. The number of carbonyl (C=O) groups excluding carboxylic acids is 1. The zero-order chi connectivity index (χ0) is 28.0. The number of halogens is 3. The van der Waals surface area contributed by atoms with Gasteiger partial charge in [0, 0.05) is 62.4 Å². The molecule has 206 valence electrons. The number of nitrogens with one attached hydrogen (secondary N) is 1. The van der Waals surface area contributed by atoms with Gasteiger partial charge in [-0.25, -0.2) is 14.8 Å². The van der Waals surface area contributed by atoms with Crippen LogP contribution in [0.15, 0.2) is 59.9 Å². The number of pyridine rings is 3.